The summed E-state index contributed by atoms with van der Waals surface area (Å²) in [6, 6.07) is 3.80. The van der Waals surface area contributed by atoms with Crippen LogP contribution in [0.15, 0.2) is 29.5 Å². The maximum absolute atomic E-state index is 5.78. The molecule has 0 radical (unpaired) electrons. The van der Waals surface area contributed by atoms with Gasteiger partial charge in [-0.05, 0) is 24.5 Å². The summed E-state index contributed by atoms with van der Waals surface area (Å²) in [5, 5.41) is 8.29. The summed E-state index contributed by atoms with van der Waals surface area (Å²) in [7, 11) is 1.78. The van der Waals surface area contributed by atoms with Crippen LogP contribution >= 0.6 is 46.9 Å². The Morgan fingerprint density at radius 2 is 1.92 bits per heavy atom. The summed E-state index contributed by atoms with van der Waals surface area (Å²) >= 11 is 7.56. The van der Waals surface area contributed by atoms with E-state index in [-0.39, 0.29) is 24.0 Å². The number of hydrogen-bond donors (Lipinski definition) is 2. The number of thiazole rings is 1. The minimum absolute atomic E-state index is 0. The molecule has 0 bridgehead atoms. The third kappa shape index (κ3) is 7.31. The van der Waals surface area contributed by atoms with E-state index >= 15 is 0 Å². The van der Waals surface area contributed by atoms with Crippen molar-refractivity contribution in [3.63, 3.8) is 0 Å². The van der Waals surface area contributed by atoms with Gasteiger partial charge in [-0.2, -0.15) is 0 Å². The van der Waals surface area contributed by atoms with E-state index in [4.69, 9.17) is 11.6 Å². The Morgan fingerprint density at radius 3 is 2.50 bits per heavy atom. The Bertz CT molecular complexity index is 630. The minimum Gasteiger partial charge on any atom is -0.356 e. The van der Waals surface area contributed by atoms with E-state index in [2.05, 4.69) is 32.5 Å². The zero-order chi connectivity index (χ0) is 16.5. The number of aromatic nitrogens is 2. The standard InChI is InChI=1S/C16H22ClN5S.HI/c1-3-13-11-22-15(23-13)7-9-20-16(18-2)19-8-6-12-4-5-14(17)21-10-12;/h4-5,10-11H,3,6-9H2,1-2H3,(H2,18,19,20);1H. The van der Waals surface area contributed by atoms with E-state index in [9.17, 15) is 0 Å². The number of aliphatic imine (C=N–C) groups is 1. The second-order valence-electron chi connectivity index (χ2n) is 4.99. The number of aryl methyl sites for hydroxylation is 1. The van der Waals surface area contributed by atoms with Crippen molar-refractivity contribution in [1.82, 2.24) is 20.6 Å². The normalized spacial score (nSPS) is 11.0. The molecule has 2 aromatic rings. The van der Waals surface area contributed by atoms with Gasteiger partial charge >= 0.3 is 0 Å². The number of hydrogen-bond acceptors (Lipinski definition) is 4. The lowest BCUT2D eigenvalue weighted by atomic mass is 10.2. The Labute approximate surface area is 169 Å². The lowest BCUT2D eigenvalue weighted by Gasteiger charge is -2.11. The molecule has 0 spiro atoms. The highest BCUT2D eigenvalue weighted by molar-refractivity contribution is 14.0. The summed E-state index contributed by atoms with van der Waals surface area (Å²) in [5.74, 6) is 0.805. The molecule has 0 aliphatic rings. The van der Waals surface area contributed by atoms with Crippen molar-refractivity contribution in [3.05, 3.63) is 45.1 Å². The average molecular weight is 480 g/mol. The Hall–Kier alpha value is -0.930. The molecule has 0 fully saturated rings. The van der Waals surface area contributed by atoms with Gasteiger partial charge in [-0.1, -0.05) is 24.6 Å². The highest BCUT2D eigenvalue weighted by atomic mass is 127. The van der Waals surface area contributed by atoms with Gasteiger partial charge in [0, 0.05) is 43.8 Å². The van der Waals surface area contributed by atoms with Gasteiger partial charge in [0.25, 0.3) is 0 Å². The average Bonchev–Trinajstić information content (AvgIpc) is 3.03. The second-order valence-corrected chi connectivity index (χ2v) is 6.58. The summed E-state index contributed by atoms with van der Waals surface area (Å²) in [6.07, 6.45) is 6.60. The van der Waals surface area contributed by atoms with E-state index in [0.717, 1.165) is 48.9 Å². The van der Waals surface area contributed by atoms with Gasteiger partial charge in [0.15, 0.2) is 5.96 Å². The molecule has 2 aromatic heterocycles. The monoisotopic (exact) mass is 479 g/mol. The highest BCUT2D eigenvalue weighted by Gasteiger charge is 2.02. The molecule has 2 N–H and O–H groups in total. The van der Waals surface area contributed by atoms with Gasteiger partial charge in [0.1, 0.15) is 5.15 Å². The molecule has 0 aliphatic heterocycles. The third-order valence-electron chi connectivity index (χ3n) is 3.30. The first-order valence-electron chi connectivity index (χ1n) is 7.69. The molecule has 0 saturated heterocycles. The summed E-state index contributed by atoms with van der Waals surface area (Å²) in [5.41, 5.74) is 1.15. The number of rotatable bonds is 7. The minimum atomic E-state index is 0. The van der Waals surface area contributed by atoms with Crippen molar-refractivity contribution in [2.24, 2.45) is 4.99 Å². The zero-order valence-corrected chi connectivity index (χ0v) is 17.8. The van der Waals surface area contributed by atoms with Crippen molar-refractivity contribution in [3.8, 4) is 0 Å². The summed E-state index contributed by atoms with van der Waals surface area (Å²) < 4.78 is 0. The molecule has 0 aliphatic carbocycles. The van der Waals surface area contributed by atoms with Gasteiger partial charge in [-0.15, -0.1) is 35.3 Å². The van der Waals surface area contributed by atoms with Crippen LogP contribution in [0, 0.1) is 0 Å². The van der Waals surface area contributed by atoms with Gasteiger partial charge in [0.2, 0.25) is 0 Å². The quantitative estimate of drug-likeness (QED) is 0.277. The number of guanidine groups is 1. The highest BCUT2D eigenvalue weighted by Crippen LogP contribution is 2.13. The van der Waals surface area contributed by atoms with Gasteiger partial charge in [-0.3, -0.25) is 4.99 Å². The predicted octanol–water partition coefficient (Wildman–Crippen LogP) is 3.32. The molecule has 24 heavy (non-hydrogen) atoms. The molecule has 5 nitrogen and oxygen atoms in total. The van der Waals surface area contributed by atoms with Crippen LogP contribution in [-0.4, -0.2) is 36.1 Å². The first kappa shape index (κ1) is 21.1. The lowest BCUT2D eigenvalue weighted by molar-refractivity contribution is 0.781. The molecular formula is C16H23ClIN5S. The van der Waals surface area contributed by atoms with Crippen LogP contribution in [0.4, 0.5) is 0 Å². The maximum Gasteiger partial charge on any atom is 0.191 e. The second kappa shape index (κ2) is 11.6. The number of nitrogens with one attached hydrogen (secondary N) is 2. The van der Waals surface area contributed by atoms with Crippen LogP contribution < -0.4 is 10.6 Å². The molecule has 0 saturated carbocycles. The predicted molar refractivity (Wildman–Crippen MR) is 113 cm³/mol. The van der Waals surface area contributed by atoms with E-state index in [0.29, 0.717) is 5.15 Å². The van der Waals surface area contributed by atoms with E-state index < -0.39 is 0 Å². The molecular weight excluding hydrogens is 457 g/mol. The zero-order valence-electron chi connectivity index (χ0n) is 13.9. The third-order valence-corrected chi connectivity index (χ3v) is 4.72. The van der Waals surface area contributed by atoms with Gasteiger partial charge in [0.05, 0.1) is 5.01 Å². The first-order valence-corrected chi connectivity index (χ1v) is 8.89. The van der Waals surface area contributed by atoms with E-state index in [1.165, 1.54) is 4.88 Å². The molecule has 0 atom stereocenters. The van der Waals surface area contributed by atoms with Crippen LogP contribution in [0.1, 0.15) is 22.4 Å². The van der Waals surface area contributed by atoms with Crippen LogP contribution in [0.5, 0.6) is 0 Å². The van der Waals surface area contributed by atoms with Crippen molar-refractivity contribution < 1.29 is 0 Å². The van der Waals surface area contributed by atoms with Crippen molar-refractivity contribution in [1.29, 1.82) is 0 Å². The van der Waals surface area contributed by atoms with Crippen molar-refractivity contribution in [2.75, 3.05) is 20.1 Å². The SMILES string of the molecule is CCc1cnc(CCNC(=NC)NCCc2ccc(Cl)nc2)s1.I. The molecule has 0 amide bonds. The van der Waals surface area contributed by atoms with E-state index in [1.54, 1.807) is 24.6 Å². The Morgan fingerprint density at radius 1 is 1.17 bits per heavy atom. The number of pyridine rings is 1. The first-order chi connectivity index (χ1) is 11.2. The summed E-state index contributed by atoms with van der Waals surface area (Å²) in [6.45, 7) is 3.76. The Kier molecular flexibility index (Phi) is 10.2. The van der Waals surface area contributed by atoms with Crippen LogP contribution in [-0.2, 0) is 19.3 Å². The van der Waals surface area contributed by atoms with Gasteiger partial charge < -0.3 is 10.6 Å². The number of halogens is 2. The van der Waals surface area contributed by atoms with Crippen LogP contribution in [0.2, 0.25) is 5.15 Å². The van der Waals surface area contributed by atoms with Crippen molar-refractivity contribution in [2.45, 2.75) is 26.2 Å². The lowest BCUT2D eigenvalue weighted by Crippen LogP contribution is -2.39. The molecule has 0 aromatic carbocycles. The molecule has 2 heterocycles. The molecule has 8 heteroatoms. The molecule has 132 valence electrons. The molecule has 0 unspecified atom stereocenters. The fraction of sp³-hybridized carbons (Fsp3) is 0.438. The largest absolute Gasteiger partial charge is 0.356 e. The topological polar surface area (TPSA) is 62.2 Å². The van der Waals surface area contributed by atoms with Crippen molar-refractivity contribution >= 4 is 52.9 Å². The van der Waals surface area contributed by atoms with E-state index in [1.807, 2.05) is 18.3 Å². The van der Waals surface area contributed by atoms with Crippen LogP contribution in [0.3, 0.4) is 0 Å². The molecule has 2 rings (SSSR count). The smallest absolute Gasteiger partial charge is 0.191 e. The number of nitrogens with zero attached hydrogens (tertiary/aromatic N) is 3. The van der Waals surface area contributed by atoms with Gasteiger partial charge in [-0.25, -0.2) is 9.97 Å². The maximum atomic E-state index is 5.78. The fourth-order valence-corrected chi connectivity index (χ4v) is 2.99. The Balaban J connectivity index is 0.00000288. The fourth-order valence-electron chi connectivity index (χ4n) is 2.02. The van der Waals surface area contributed by atoms with Crippen LogP contribution in [0.25, 0.3) is 0 Å². The summed E-state index contributed by atoms with van der Waals surface area (Å²) in [4.78, 5) is 14.1.